The zero-order chi connectivity index (χ0) is 20.5. The smallest absolute Gasteiger partial charge is 0.418 e. The monoisotopic (exact) mass is 397 g/mol. The summed E-state index contributed by atoms with van der Waals surface area (Å²) in [6.07, 6.45) is -2.40. The number of halogens is 3. The number of nitro groups is 1. The van der Waals surface area contributed by atoms with Crippen molar-refractivity contribution in [1.29, 1.82) is 0 Å². The number of furan rings is 1. The minimum Gasteiger partial charge on any atom is -0.459 e. The molecule has 1 N–H and O–H groups in total. The van der Waals surface area contributed by atoms with E-state index < -0.39 is 22.4 Å². The van der Waals surface area contributed by atoms with Gasteiger partial charge in [-0.05, 0) is 31.9 Å². The van der Waals surface area contributed by atoms with E-state index in [1.165, 1.54) is 11.2 Å². The maximum Gasteiger partial charge on any atom is 0.418 e. The summed E-state index contributed by atoms with van der Waals surface area (Å²) >= 11 is 0. The van der Waals surface area contributed by atoms with Gasteiger partial charge in [0, 0.05) is 42.5 Å². The van der Waals surface area contributed by atoms with Crippen molar-refractivity contribution in [2.45, 2.75) is 32.0 Å². The summed E-state index contributed by atoms with van der Waals surface area (Å²) in [7, 11) is 0. The second-order valence-corrected chi connectivity index (χ2v) is 6.62. The third-order valence-corrected chi connectivity index (χ3v) is 4.74. The van der Waals surface area contributed by atoms with Gasteiger partial charge in [-0.15, -0.1) is 0 Å². The molecule has 0 bridgehead atoms. The zero-order valence-corrected chi connectivity index (χ0v) is 15.0. The first kappa shape index (κ1) is 19.7. The lowest BCUT2D eigenvalue weighted by Crippen LogP contribution is -2.45. The van der Waals surface area contributed by atoms with Gasteiger partial charge in [0.1, 0.15) is 0 Å². The van der Waals surface area contributed by atoms with Gasteiger partial charge < -0.3 is 14.6 Å². The molecule has 0 saturated carbocycles. The molecule has 1 aromatic carbocycles. The molecule has 0 spiro atoms. The van der Waals surface area contributed by atoms with Gasteiger partial charge in [0.25, 0.3) is 11.6 Å². The second-order valence-electron chi connectivity index (χ2n) is 6.62. The number of hydrogen-bond acceptors (Lipinski definition) is 5. The molecule has 1 fully saturated rings. The number of hydrogen-bond donors (Lipinski definition) is 1. The Balaban J connectivity index is 1.70. The quantitative estimate of drug-likeness (QED) is 0.624. The number of piperidine rings is 1. The van der Waals surface area contributed by atoms with E-state index in [1.807, 2.05) is 0 Å². The molecular formula is C18H18F3N3O4. The molecule has 0 radical (unpaired) electrons. The number of non-ortho nitro benzene ring substituents is 1. The second kappa shape index (κ2) is 7.53. The van der Waals surface area contributed by atoms with E-state index in [-0.39, 0.29) is 36.5 Å². The van der Waals surface area contributed by atoms with E-state index in [0.29, 0.717) is 24.5 Å². The minimum absolute atomic E-state index is 0.0928. The molecule has 1 aliphatic heterocycles. The first-order chi connectivity index (χ1) is 13.2. The Labute approximate surface area is 158 Å². The molecule has 0 aliphatic carbocycles. The minimum atomic E-state index is -4.71. The number of benzene rings is 1. The fourth-order valence-corrected chi connectivity index (χ4v) is 3.26. The fourth-order valence-electron chi connectivity index (χ4n) is 3.26. The van der Waals surface area contributed by atoms with Crippen molar-refractivity contribution in [3.05, 3.63) is 57.5 Å². The van der Waals surface area contributed by atoms with Crippen molar-refractivity contribution in [2.24, 2.45) is 0 Å². The number of rotatable bonds is 4. The number of carbonyl (C=O) groups is 1. The molecule has 3 rings (SSSR count). The predicted octanol–water partition coefficient (Wildman–Crippen LogP) is 3.91. The first-order valence-electron chi connectivity index (χ1n) is 8.62. The van der Waals surface area contributed by atoms with Crippen LogP contribution in [0.1, 0.15) is 34.5 Å². The average molecular weight is 397 g/mol. The Kier molecular flexibility index (Phi) is 5.30. The van der Waals surface area contributed by atoms with Gasteiger partial charge in [-0.25, -0.2) is 0 Å². The van der Waals surface area contributed by atoms with Crippen LogP contribution < -0.4 is 10.2 Å². The lowest BCUT2D eigenvalue weighted by molar-refractivity contribution is -0.385. The zero-order valence-electron chi connectivity index (χ0n) is 15.0. The summed E-state index contributed by atoms with van der Waals surface area (Å²) in [6.45, 7) is 2.31. The number of nitrogens with zero attached hydrogens (tertiary/aromatic N) is 2. The van der Waals surface area contributed by atoms with Gasteiger partial charge in [-0.1, -0.05) is 0 Å². The number of alkyl halides is 3. The topological polar surface area (TPSA) is 88.6 Å². The molecule has 1 amide bonds. The Hall–Kier alpha value is -3.04. The molecule has 28 heavy (non-hydrogen) atoms. The summed E-state index contributed by atoms with van der Waals surface area (Å²) in [5, 5.41) is 13.6. The van der Waals surface area contributed by atoms with Gasteiger partial charge in [0.15, 0.2) is 5.76 Å². The summed E-state index contributed by atoms with van der Waals surface area (Å²) in [5.41, 5.74) is -1.03. The molecule has 2 aromatic rings. The highest BCUT2D eigenvalue weighted by Gasteiger charge is 2.37. The van der Waals surface area contributed by atoms with E-state index >= 15 is 0 Å². The van der Waals surface area contributed by atoms with Gasteiger partial charge in [-0.2, -0.15) is 13.2 Å². The van der Waals surface area contributed by atoms with Crippen LogP contribution in [0.15, 0.2) is 34.9 Å². The Morgan fingerprint density at radius 1 is 1.29 bits per heavy atom. The molecule has 0 unspecified atom stereocenters. The molecule has 7 nitrogen and oxygen atoms in total. The van der Waals surface area contributed by atoms with E-state index in [0.717, 1.165) is 12.1 Å². The number of anilines is 1. The van der Waals surface area contributed by atoms with Gasteiger partial charge in [-0.3, -0.25) is 14.9 Å². The van der Waals surface area contributed by atoms with E-state index in [2.05, 4.69) is 5.32 Å². The van der Waals surface area contributed by atoms with Gasteiger partial charge in [0.2, 0.25) is 0 Å². The first-order valence-corrected chi connectivity index (χ1v) is 8.62. The third-order valence-electron chi connectivity index (χ3n) is 4.74. The molecule has 2 heterocycles. The van der Waals surface area contributed by atoms with Crippen LogP contribution in [-0.2, 0) is 6.18 Å². The lowest BCUT2D eigenvalue weighted by atomic mass is 10.0. The highest BCUT2D eigenvalue weighted by atomic mass is 19.4. The van der Waals surface area contributed by atoms with Crippen LogP contribution in [0, 0.1) is 17.0 Å². The number of nitrogens with one attached hydrogen (secondary N) is 1. The van der Waals surface area contributed by atoms with Crippen molar-refractivity contribution in [2.75, 3.05) is 18.0 Å². The van der Waals surface area contributed by atoms with Crippen molar-refractivity contribution in [3.8, 4) is 0 Å². The van der Waals surface area contributed by atoms with Crippen LogP contribution in [0.2, 0.25) is 0 Å². The molecule has 1 aliphatic rings. The lowest BCUT2D eigenvalue weighted by Gasteiger charge is -2.35. The summed E-state index contributed by atoms with van der Waals surface area (Å²) < 4.78 is 45.3. The fraction of sp³-hybridized carbons (Fsp3) is 0.389. The van der Waals surface area contributed by atoms with E-state index in [9.17, 15) is 28.1 Å². The number of nitro benzene ring substituents is 1. The molecule has 150 valence electrons. The number of aryl methyl sites for hydroxylation is 1. The average Bonchev–Trinajstić information content (AvgIpc) is 3.07. The maximum absolute atomic E-state index is 13.4. The summed E-state index contributed by atoms with van der Waals surface area (Å²) in [6, 6.07) is 4.23. The van der Waals surface area contributed by atoms with Crippen molar-refractivity contribution in [1.82, 2.24) is 5.32 Å². The van der Waals surface area contributed by atoms with Crippen LogP contribution in [0.3, 0.4) is 0 Å². The van der Waals surface area contributed by atoms with Crippen LogP contribution in [0.4, 0.5) is 24.5 Å². The maximum atomic E-state index is 13.4. The van der Waals surface area contributed by atoms with Crippen LogP contribution in [0.25, 0.3) is 0 Å². The number of amides is 1. The van der Waals surface area contributed by atoms with Crippen LogP contribution >= 0.6 is 0 Å². The highest BCUT2D eigenvalue weighted by molar-refractivity contribution is 5.93. The SMILES string of the molecule is Cc1ccoc1C(=O)NC1CCN(c2ccc([N+](=O)[O-])cc2C(F)(F)F)CC1. The molecule has 1 aromatic heterocycles. The van der Waals surface area contributed by atoms with Crippen molar-refractivity contribution in [3.63, 3.8) is 0 Å². The molecule has 10 heteroatoms. The predicted molar refractivity (Wildman–Crippen MR) is 94.2 cm³/mol. The van der Waals surface area contributed by atoms with E-state index in [1.54, 1.807) is 13.0 Å². The van der Waals surface area contributed by atoms with Gasteiger partial charge in [0.05, 0.1) is 16.7 Å². The Bertz CT molecular complexity index is 886. The normalized spacial score (nSPS) is 15.5. The summed E-state index contributed by atoms with van der Waals surface area (Å²) in [4.78, 5) is 23.7. The van der Waals surface area contributed by atoms with Crippen molar-refractivity contribution >= 4 is 17.3 Å². The van der Waals surface area contributed by atoms with E-state index in [4.69, 9.17) is 4.42 Å². The third kappa shape index (κ3) is 4.10. The number of carbonyl (C=O) groups excluding carboxylic acids is 1. The molecule has 0 atom stereocenters. The van der Waals surface area contributed by atoms with Crippen LogP contribution in [0.5, 0.6) is 0 Å². The largest absolute Gasteiger partial charge is 0.459 e. The van der Waals surface area contributed by atoms with Crippen LogP contribution in [-0.4, -0.2) is 30.0 Å². The Morgan fingerprint density at radius 3 is 2.50 bits per heavy atom. The Morgan fingerprint density at radius 2 is 1.96 bits per heavy atom. The molecular weight excluding hydrogens is 379 g/mol. The van der Waals surface area contributed by atoms with Gasteiger partial charge >= 0.3 is 6.18 Å². The highest BCUT2D eigenvalue weighted by Crippen LogP contribution is 2.39. The summed E-state index contributed by atoms with van der Waals surface area (Å²) in [5.74, 6) is -0.135. The van der Waals surface area contributed by atoms with Crippen molar-refractivity contribution < 1.29 is 27.3 Å². The molecule has 1 saturated heterocycles. The standard InChI is InChI=1S/C18H18F3N3O4/c1-11-6-9-28-16(11)17(25)22-12-4-7-23(8-5-12)15-3-2-13(24(26)27)10-14(15)18(19,20)21/h2-3,6,9-10,12H,4-5,7-8H2,1H3,(H,22,25).